The molecule has 1 fully saturated rings. The second kappa shape index (κ2) is 5.85. The van der Waals surface area contributed by atoms with E-state index in [0.717, 1.165) is 17.0 Å². The van der Waals surface area contributed by atoms with Crippen molar-refractivity contribution < 1.29 is 14.7 Å². The minimum Gasteiger partial charge on any atom is -0.480 e. The molecule has 7 nitrogen and oxygen atoms in total. The van der Waals surface area contributed by atoms with Gasteiger partial charge in [-0.3, -0.25) is 9.48 Å². The third-order valence-corrected chi connectivity index (χ3v) is 4.19. The van der Waals surface area contributed by atoms with Crippen LogP contribution in [0.1, 0.15) is 29.8 Å². The number of likely N-dealkylation sites (tertiary alicyclic amines) is 1. The van der Waals surface area contributed by atoms with Crippen molar-refractivity contribution in [1.82, 2.24) is 14.7 Å². The molecule has 116 valence electrons. The number of carbonyl (C=O) groups excluding carboxylic acids is 1. The van der Waals surface area contributed by atoms with Crippen LogP contribution in [0, 0.1) is 13.8 Å². The van der Waals surface area contributed by atoms with Crippen molar-refractivity contribution in [1.29, 1.82) is 0 Å². The van der Waals surface area contributed by atoms with E-state index in [9.17, 15) is 9.59 Å². The van der Waals surface area contributed by atoms with E-state index in [1.165, 1.54) is 4.90 Å². The van der Waals surface area contributed by atoms with E-state index in [0.29, 0.717) is 19.4 Å². The zero-order valence-electron chi connectivity index (χ0n) is 12.7. The van der Waals surface area contributed by atoms with Gasteiger partial charge < -0.3 is 15.7 Å². The number of rotatable bonds is 4. The Balaban J connectivity index is 2.03. The van der Waals surface area contributed by atoms with Gasteiger partial charge in [0.1, 0.15) is 6.04 Å². The van der Waals surface area contributed by atoms with Gasteiger partial charge in [-0.05, 0) is 32.3 Å². The van der Waals surface area contributed by atoms with Gasteiger partial charge in [0, 0.05) is 31.7 Å². The molecule has 1 aromatic heterocycles. The molecular weight excluding hydrogens is 272 g/mol. The SMILES string of the molecule is Cc1nn(C)c(C)c1CCC(=O)N1C[C@@H](N)C[C@H]1C(=O)O. The van der Waals surface area contributed by atoms with E-state index in [4.69, 9.17) is 10.8 Å². The Labute approximate surface area is 123 Å². The molecule has 0 spiro atoms. The summed E-state index contributed by atoms with van der Waals surface area (Å²) in [5, 5.41) is 13.5. The van der Waals surface area contributed by atoms with Crippen LogP contribution >= 0.6 is 0 Å². The summed E-state index contributed by atoms with van der Waals surface area (Å²) >= 11 is 0. The summed E-state index contributed by atoms with van der Waals surface area (Å²) in [7, 11) is 1.87. The summed E-state index contributed by atoms with van der Waals surface area (Å²) in [5.41, 5.74) is 8.78. The molecule has 1 aliphatic heterocycles. The second-order valence-corrected chi connectivity index (χ2v) is 5.67. The van der Waals surface area contributed by atoms with Gasteiger partial charge in [0.25, 0.3) is 0 Å². The number of carboxylic acid groups (broad SMARTS) is 1. The van der Waals surface area contributed by atoms with Gasteiger partial charge in [0.15, 0.2) is 0 Å². The Bertz CT molecular complexity index is 567. The molecule has 1 aromatic rings. The largest absolute Gasteiger partial charge is 0.480 e. The lowest BCUT2D eigenvalue weighted by Crippen LogP contribution is -2.40. The number of carbonyl (C=O) groups is 2. The van der Waals surface area contributed by atoms with Crippen LogP contribution in [0.3, 0.4) is 0 Å². The van der Waals surface area contributed by atoms with E-state index in [-0.39, 0.29) is 18.4 Å². The molecule has 0 aliphatic carbocycles. The molecule has 2 rings (SSSR count). The molecule has 2 heterocycles. The summed E-state index contributed by atoms with van der Waals surface area (Å²) in [4.78, 5) is 24.9. The number of hydrogen-bond donors (Lipinski definition) is 2. The first-order chi connectivity index (χ1) is 9.81. The average Bonchev–Trinajstić information content (AvgIpc) is 2.90. The maximum atomic E-state index is 12.3. The fourth-order valence-electron chi connectivity index (χ4n) is 2.93. The van der Waals surface area contributed by atoms with E-state index >= 15 is 0 Å². The first kappa shape index (κ1) is 15.5. The highest BCUT2D eigenvalue weighted by molar-refractivity contribution is 5.84. The number of aryl methyl sites for hydroxylation is 2. The molecule has 1 aliphatic rings. The van der Waals surface area contributed by atoms with Crippen LogP contribution in [-0.4, -0.2) is 50.3 Å². The van der Waals surface area contributed by atoms with Crippen LogP contribution in [0.4, 0.5) is 0 Å². The first-order valence-electron chi connectivity index (χ1n) is 7.08. The normalized spacial score (nSPS) is 21.8. The fraction of sp³-hybridized carbons (Fsp3) is 0.643. The van der Waals surface area contributed by atoms with Crippen LogP contribution in [-0.2, 0) is 23.1 Å². The lowest BCUT2D eigenvalue weighted by Gasteiger charge is -2.21. The monoisotopic (exact) mass is 294 g/mol. The van der Waals surface area contributed by atoms with Gasteiger partial charge in [-0.25, -0.2) is 4.79 Å². The molecule has 0 aromatic carbocycles. The quantitative estimate of drug-likeness (QED) is 0.813. The molecule has 1 saturated heterocycles. The van der Waals surface area contributed by atoms with Crippen molar-refractivity contribution in [3.8, 4) is 0 Å². The van der Waals surface area contributed by atoms with Crippen LogP contribution in [0.2, 0.25) is 0 Å². The van der Waals surface area contributed by atoms with Gasteiger partial charge in [-0.15, -0.1) is 0 Å². The van der Waals surface area contributed by atoms with Crippen molar-refractivity contribution in [2.24, 2.45) is 12.8 Å². The van der Waals surface area contributed by atoms with Crippen LogP contribution in [0.5, 0.6) is 0 Å². The predicted octanol–water partition coefficient (Wildman–Crippen LogP) is -0.0177. The topological polar surface area (TPSA) is 101 Å². The molecule has 3 N–H and O–H groups in total. The maximum absolute atomic E-state index is 12.3. The Morgan fingerprint density at radius 2 is 2.10 bits per heavy atom. The lowest BCUT2D eigenvalue weighted by molar-refractivity contribution is -0.148. The number of nitrogens with zero attached hydrogens (tertiary/aromatic N) is 3. The Morgan fingerprint density at radius 3 is 2.62 bits per heavy atom. The lowest BCUT2D eigenvalue weighted by atomic mass is 10.1. The van der Waals surface area contributed by atoms with E-state index < -0.39 is 12.0 Å². The van der Waals surface area contributed by atoms with E-state index in [1.54, 1.807) is 4.68 Å². The summed E-state index contributed by atoms with van der Waals surface area (Å²) < 4.78 is 1.79. The smallest absolute Gasteiger partial charge is 0.326 e. The van der Waals surface area contributed by atoms with Crippen molar-refractivity contribution in [2.45, 2.75) is 45.2 Å². The molecule has 1 amide bonds. The van der Waals surface area contributed by atoms with Gasteiger partial charge in [0.2, 0.25) is 5.91 Å². The fourth-order valence-corrected chi connectivity index (χ4v) is 2.93. The molecule has 0 radical (unpaired) electrons. The second-order valence-electron chi connectivity index (χ2n) is 5.67. The molecular formula is C14H22N4O3. The van der Waals surface area contributed by atoms with Gasteiger partial charge >= 0.3 is 5.97 Å². The zero-order valence-corrected chi connectivity index (χ0v) is 12.7. The molecule has 0 unspecified atom stereocenters. The molecule has 0 bridgehead atoms. The highest BCUT2D eigenvalue weighted by Crippen LogP contribution is 2.20. The van der Waals surface area contributed by atoms with Crippen molar-refractivity contribution in [2.75, 3.05) is 6.54 Å². The summed E-state index contributed by atoms with van der Waals surface area (Å²) in [5.74, 6) is -1.14. The minimum absolute atomic E-state index is 0.155. The van der Waals surface area contributed by atoms with Crippen LogP contribution < -0.4 is 5.73 Å². The summed E-state index contributed by atoms with van der Waals surface area (Å²) in [6, 6.07) is -1.04. The number of aromatic nitrogens is 2. The summed E-state index contributed by atoms with van der Waals surface area (Å²) in [6.07, 6.45) is 1.18. The third kappa shape index (κ3) is 3.07. The van der Waals surface area contributed by atoms with Crippen molar-refractivity contribution in [3.05, 3.63) is 17.0 Å². The molecule has 0 saturated carbocycles. The molecule has 2 atom stereocenters. The highest BCUT2D eigenvalue weighted by Gasteiger charge is 2.37. The summed E-state index contributed by atoms with van der Waals surface area (Å²) in [6.45, 7) is 4.20. The predicted molar refractivity (Wildman–Crippen MR) is 76.7 cm³/mol. The first-order valence-corrected chi connectivity index (χ1v) is 7.08. The number of amides is 1. The third-order valence-electron chi connectivity index (χ3n) is 4.19. The zero-order chi connectivity index (χ0) is 15.7. The average molecular weight is 294 g/mol. The minimum atomic E-state index is -0.981. The standard InChI is InChI=1S/C14H22N4O3/c1-8-11(9(2)17(3)16-8)4-5-13(19)18-7-10(15)6-12(18)14(20)21/h10,12H,4-7,15H2,1-3H3,(H,20,21)/t10-,12-/m0/s1. The van der Waals surface area contributed by atoms with E-state index in [2.05, 4.69) is 5.10 Å². The number of aliphatic carboxylic acids is 1. The maximum Gasteiger partial charge on any atom is 0.326 e. The van der Waals surface area contributed by atoms with Crippen LogP contribution in [0.15, 0.2) is 0 Å². The van der Waals surface area contributed by atoms with Gasteiger partial charge in [0.05, 0.1) is 5.69 Å². The highest BCUT2D eigenvalue weighted by atomic mass is 16.4. The number of carboxylic acids is 1. The Hall–Kier alpha value is -1.89. The Kier molecular flexibility index (Phi) is 4.32. The van der Waals surface area contributed by atoms with Crippen LogP contribution in [0.25, 0.3) is 0 Å². The Morgan fingerprint density at radius 1 is 1.43 bits per heavy atom. The van der Waals surface area contributed by atoms with E-state index in [1.807, 2.05) is 20.9 Å². The number of hydrogen-bond acceptors (Lipinski definition) is 4. The molecule has 7 heteroatoms. The van der Waals surface area contributed by atoms with Crippen molar-refractivity contribution >= 4 is 11.9 Å². The van der Waals surface area contributed by atoms with Gasteiger partial charge in [-0.1, -0.05) is 0 Å². The number of nitrogens with two attached hydrogens (primary N) is 1. The van der Waals surface area contributed by atoms with Gasteiger partial charge in [-0.2, -0.15) is 5.10 Å². The van der Waals surface area contributed by atoms with Crippen molar-refractivity contribution in [3.63, 3.8) is 0 Å². The molecule has 21 heavy (non-hydrogen) atoms.